The Morgan fingerprint density at radius 3 is 2.57 bits per heavy atom. The second-order valence-corrected chi connectivity index (χ2v) is 18.0. The first-order valence-electron chi connectivity index (χ1n) is 18.1. The summed E-state index contributed by atoms with van der Waals surface area (Å²) >= 11 is 8.43. The van der Waals surface area contributed by atoms with Gasteiger partial charge in [-0.2, -0.15) is 11.8 Å². The standard InChI is InChI=1S/C39H56ClN3O9S/c1-22-13-12-14-23(2)39(48)21-29(50-36(47)41-39)24(3)34-38(8,52-34)30(51-35(46)25(4)42(9)31(44)15-16-53-37(5,6)7)20-32(45)43(10)27-18-26(17-22)19-28(49-11)33(27)40/h12-14,18-19,23-25,29-30,34,48H,15-17,20-21H2,1-11H3,(H,41,47)/b14-12+,22-13+/t23-,24-,25+,29+,30?,34+,38+,39+/m1/s1. The predicted molar refractivity (Wildman–Crippen MR) is 206 cm³/mol. The molecule has 3 amide bonds. The zero-order valence-electron chi connectivity index (χ0n) is 32.8. The largest absolute Gasteiger partial charge is 0.495 e. The van der Waals surface area contributed by atoms with Crippen LogP contribution in [0.5, 0.6) is 5.75 Å². The van der Waals surface area contributed by atoms with Gasteiger partial charge in [-0.05, 0) is 44.9 Å². The van der Waals surface area contributed by atoms with Gasteiger partial charge >= 0.3 is 12.1 Å². The number of alkyl carbamates (subject to hydrolysis) is 1. The zero-order valence-corrected chi connectivity index (χ0v) is 34.4. The van der Waals surface area contributed by atoms with Crippen LogP contribution in [0.2, 0.25) is 5.02 Å². The maximum atomic E-state index is 14.1. The Bertz CT molecular complexity index is 1630. The van der Waals surface area contributed by atoms with Crippen molar-refractivity contribution in [3.05, 3.63) is 46.5 Å². The number of benzene rings is 1. The number of methoxy groups -OCH3 is 1. The Labute approximate surface area is 322 Å². The molecule has 3 heterocycles. The normalized spacial score (nSPS) is 31.5. The molecule has 1 aromatic rings. The first-order valence-corrected chi connectivity index (χ1v) is 19.4. The van der Waals surface area contributed by atoms with E-state index in [0.717, 1.165) is 11.1 Å². The Balaban J connectivity index is 1.70. The molecule has 8 atom stereocenters. The smallest absolute Gasteiger partial charge is 0.409 e. The van der Waals surface area contributed by atoms with Gasteiger partial charge < -0.3 is 33.9 Å². The lowest BCUT2D eigenvalue weighted by molar-refractivity contribution is -0.161. The number of ether oxygens (including phenoxy) is 4. The highest BCUT2D eigenvalue weighted by atomic mass is 35.5. The van der Waals surface area contributed by atoms with E-state index in [-0.39, 0.29) is 34.9 Å². The van der Waals surface area contributed by atoms with Gasteiger partial charge in [-0.25, -0.2) is 9.59 Å². The summed E-state index contributed by atoms with van der Waals surface area (Å²) in [5.41, 5.74) is -0.553. The molecule has 0 aromatic heterocycles. The van der Waals surface area contributed by atoms with E-state index in [2.05, 4.69) is 26.1 Å². The van der Waals surface area contributed by atoms with Gasteiger partial charge in [-0.15, -0.1) is 0 Å². The minimum atomic E-state index is -1.61. The lowest BCUT2D eigenvalue weighted by atomic mass is 9.82. The number of aliphatic hydroxyl groups is 1. The summed E-state index contributed by atoms with van der Waals surface area (Å²) in [4.78, 5) is 56.6. The molecule has 14 heteroatoms. The van der Waals surface area contributed by atoms with Gasteiger partial charge in [0.05, 0.1) is 25.3 Å². The van der Waals surface area contributed by atoms with E-state index in [0.29, 0.717) is 23.6 Å². The van der Waals surface area contributed by atoms with Crippen LogP contribution in [0, 0.1) is 11.8 Å². The zero-order chi connectivity index (χ0) is 39.6. The number of amides is 3. The molecule has 0 aliphatic carbocycles. The number of thioether (sulfide) groups is 1. The molecule has 53 heavy (non-hydrogen) atoms. The predicted octanol–water partition coefficient (Wildman–Crippen LogP) is 6.06. The van der Waals surface area contributed by atoms with Crippen LogP contribution in [-0.4, -0.2) is 101 Å². The van der Waals surface area contributed by atoms with Gasteiger partial charge in [0.15, 0.2) is 0 Å². The molecular formula is C39H56ClN3O9S. The van der Waals surface area contributed by atoms with Gasteiger partial charge in [-0.3, -0.25) is 14.9 Å². The highest BCUT2D eigenvalue weighted by Gasteiger charge is 2.64. The van der Waals surface area contributed by atoms with Crippen molar-refractivity contribution in [2.45, 2.75) is 121 Å². The molecule has 1 unspecified atom stereocenters. The van der Waals surface area contributed by atoms with Crippen LogP contribution in [0.15, 0.2) is 35.9 Å². The van der Waals surface area contributed by atoms with E-state index < -0.39 is 65.5 Å². The third kappa shape index (κ3) is 10.1. The van der Waals surface area contributed by atoms with Gasteiger partial charge in [0.25, 0.3) is 0 Å². The lowest BCUT2D eigenvalue weighted by Gasteiger charge is -2.41. The Morgan fingerprint density at radius 2 is 1.92 bits per heavy atom. The third-order valence-electron chi connectivity index (χ3n) is 10.5. The van der Waals surface area contributed by atoms with Crippen molar-refractivity contribution in [1.82, 2.24) is 10.2 Å². The number of esters is 1. The van der Waals surface area contributed by atoms with Crippen LogP contribution in [0.3, 0.4) is 0 Å². The highest BCUT2D eigenvalue weighted by Crippen LogP contribution is 2.49. The van der Waals surface area contributed by atoms with E-state index in [1.54, 1.807) is 39.7 Å². The minimum absolute atomic E-state index is 0.00833. The topological polar surface area (TPSA) is 147 Å². The summed E-state index contributed by atoms with van der Waals surface area (Å²) in [7, 11) is 4.66. The van der Waals surface area contributed by atoms with E-state index >= 15 is 0 Å². The summed E-state index contributed by atoms with van der Waals surface area (Å²) in [5, 5.41) is 14.5. The molecular weight excluding hydrogens is 722 g/mol. The fourth-order valence-electron chi connectivity index (χ4n) is 6.74. The number of allylic oxidation sites excluding steroid dienone is 3. The number of carbonyl (C=O) groups excluding carboxylic acids is 4. The number of hydrogen-bond acceptors (Lipinski definition) is 10. The molecule has 4 rings (SSSR count). The molecule has 12 nitrogen and oxygen atoms in total. The minimum Gasteiger partial charge on any atom is -0.495 e. The van der Waals surface area contributed by atoms with Crippen molar-refractivity contribution in [1.29, 1.82) is 0 Å². The van der Waals surface area contributed by atoms with E-state index in [9.17, 15) is 24.3 Å². The summed E-state index contributed by atoms with van der Waals surface area (Å²) in [6.07, 6.45) is 2.88. The van der Waals surface area contributed by atoms with Crippen molar-refractivity contribution in [3.8, 4) is 5.75 Å². The molecule has 0 saturated carbocycles. The maximum Gasteiger partial charge on any atom is 0.409 e. The third-order valence-corrected chi connectivity index (χ3v) is 12.2. The second-order valence-electron chi connectivity index (χ2n) is 15.7. The van der Waals surface area contributed by atoms with E-state index in [1.165, 1.54) is 16.9 Å². The SMILES string of the molecule is COc1cc2cc(c1Cl)N(C)C(=O)CC(OC(=O)[C@H](C)N(C)C(=O)CCSC(C)(C)C)[C@]1(C)O[C@H]1[C@H](C)[C@@H]1C[C@@](O)(NC(=O)O1)[C@H](C)/C=C/C=C(\C)C2. The van der Waals surface area contributed by atoms with Crippen molar-refractivity contribution < 1.29 is 43.2 Å². The first-order chi connectivity index (χ1) is 24.6. The summed E-state index contributed by atoms with van der Waals surface area (Å²) in [5.74, 6) is -1.28. The van der Waals surface area contributed by atoms with Gasteiger partial charge in [0.2, 0.25) is 11.8 Å². The second kappa shape index (κ2) is 16.6. The Hall–Kier alpha value is -3.26. The molecule has 2 saturated heterocycles. The first kappa shape index (κ1) is 42.5. The number of epoxide rings is 1. The fourth-order valence-corrected chi connectivity index (χ4v) is 7.95. The number of nitrogens with one attached hydrogen (secondary N) is 1. The molecule has 3 aliphatic rings. The quantitative estimate of drug-likeness (QED) is 0.248. The molecule has 3 aliphatic heterocycles. The summed E-state index contributed by atoms with van der Waals surface area (Å²) in [6.45, 7) is 15.2. The number of halogens is 1. The van der Waals surface area contributed by atoms with E-state index in [1.807, 2.05) is 51.1 Å². The van der Waals surface area contributed by atoms with Crippen LogP contribution in [-0.2, 0) is 35.0 Å². The van der Waals surface area contributed by atoms with Crippen LogP contribution in [0.1, 0.15) is 80.2 Å². The molecule has 2 N–H and O–H groups in total. The Morgan fingerprint density at radius 1 is 1.25 bits per heavy atom. The van der Waals surface area contributed by atoms with Crippen LogP contribution < -0.4 is 15.0 Å². The van der Waals surface area contributed by atoms with Crippen molar-refractivity contribution in [2.75, 3.05) is 31.9 Å². The molecule has 4 bridgehead atoms. The Kier molecular flexibility index (Phi) is 13.3. The number of fused-ring (bicyclic) bond motifs is 5. The fraction of sp³-hybridized carbons (Fsp3) is 0.641. The highest BCUT2D eigenvalue weighted by molar-refractivity contribution is 8.00. The van der Waals surface area contributed by atoms with Crippen LogP contribution in [0.25, 0.3) is 0 Å². The average molecular weight is 778 g/mol. The number of nitrogens with zero attached hydrogens (tertiary/aromatic N) is 2. The van der Waals surface area contributed by atoms with Crippen molar-refractivity contribution in [3.63, 3.8) is 0 Å². The van der Waals surface area contributed by atoms with Crippen LogP contribution in [0.4, 0.5) is 10.5 Å². The number of anilines is 1. The molecule has 0 radical (unpaired) electrons. The molecule has 1 aromatic carbocycles. The van der Waals surface area contributed by atoms with Crippen molar-refractivity contribution >= 4 is 52.9 Å². The van der Waals surface area contributed by atoms with Gasteiger partial charge in [-0.1, -0.05) is 70.0 Å². The van der Waals surface area contributed by atoms with E-state index in [4.69, 9.17) is 30.5 Å². The van der Waals surface area contributed by atoms with Crippen molar-refractivity contribution in [2.24, 2.45) is 11.8 Å². The number of likely N-dealkylation sites (N-methyl/N-ethyl adjacent to an activating group) is 1. The molecule has 0 spiro atoms. The van der Waals surface area contributed by atoms with Gasteiger partial charge in [0, 0.05) is 49.3 Å². The number of hydrogen-bond donors (Lipinski definition) is 2. The average Bonchev–Trinajstić information content (AvgIpc) is 3.77. The monoisotopic (exact) mass is 777 g/mol. The molecule has 294 valence electrons. The molecule has 2 fully saturated rings. The van der Waals surface area contributed by atoms with Crippen LogP contribution >= 0.6 is 23.4 Å². The maximum absolute atomic E-state index is 14.1. The lowest BCUT2D eigenvalue weighted by Crippen LogP contribution is -2.60. The van der Waals surface area contributed by atoms with Gasteiger partial charge in [0.1, 0.15) is 40.3 Å². The number of carbonyl (C=O) groups is 4. The summed E-state index contributed by atoms with van der Waals surface area (Å²) < 4.78 is 23.6. The number of rotatable bonds is 7. The summed E-state index contributed by atoms with van der Waals surface area (Å²) in [6, 6.07) is 2.68.